The molecule has 0 aromatic heterocycles. The van der Waals surface area contributed by atoms with Gasteiger partial charge in [0, 0.05) is 26.2 Å². The van der Waals surface area contributed by atoms with Gasteiger partial charge in [-0.05, 0) is 97.7 Å². The maximum atomic E-state index is 12.4. The van der Waals surface area contributed by atoms with Gasteiger partial charge in [0.1, 0.15) is 12.2 Å². The summed E-state index contributed by atoms with van der Waals surface area (Å²) in [6.45, 7) is 12.6. The first kappa shape index (κ1) is 25.5. The SMILES string of the molecule is CC[C@H]1[C@@H](OC(C)=O)C2C3CC[C@H]([C@H](C)CC#N)C3(C)CCC2[C@@]2(C)CC[C@@H](OC(C)=O)C[C@@H]12. The highest BCUT2D eigenvalue weighted by Crippen LogP contribution is 2.70. The Kier molecular flexibility index (Phi) is 7.11. The van der Waals surface area contributed by atoms with Crippen LogP contribution in [0.15, 0.2) is 0 Å². The molecule has 0 radical (unpaired) electrons. The van der Waals surface area contributed by atoms with Gasteiger partial charge in [-0.3, -0.25) is 9.59 Å². The molecule has 0 aromatic rings. The van der Waals surface area contributed by atoms with E-state index in [9.17, 15) is 14.9 Å². The monoisotopic (exact) mass is 471 g/mol. The van der Waals surface area contributed by atoms with E-state index >= 15 is 0 Å². The molecule has 4 unspecified atom stereocenters. The van der Waals surface area contributed by atoms with Crippen molar-refractivity contribution in [3.63, 3.8) is 0 Å². The van der Waals surface area contributed by atoms with Crippen LogP contribution in [0.1, 0.15) is 99.3 Å². The Bertz CT molecular complexity index is 834. The predicted molar refractivity (Wildman–Crippen MR) is 130 cm³/mol. The van der Waals surface area contributed by atoms with Gasteiger partial charge in [0.05, 0.1) is 6.07 Å². The van der Waals surface area contributed by atoms with Crippen LogP contribution in [-0.2, 0) is 19.1 Å². The van der Waals surface area contributed by atoms with Crippen molar-refractivity contribution in [2.24, 2.45) is 52.3 Å². The standard InChI is InChI=1S/C29H45NO4/c1-7-21-25-16-20(33-18(3)31)10-13-29(25,6)24-11-14-28(5)22(17(2)12-15-30)8-9-23(28)26(24)27(21)34-19(4)32/h17,20-27H,7-14,16H2,1-6H3/t17-,20-,21-,22-,23?,24?,25+,26?,27-,28?,29-/m1/s1. The molecule has 5 heteroatoms. The van der Waals surface area contributed by atoms with Crippen LogP contribution in [0.2, 0.25) is 0 Å². The minimum atomic E-state index is -0.191. The van der Waals surface area contributed by atoms with Crippen LogP contribution in [0.25, 0.3) is 0 Å². The number of ether oxygens (including phenoxy) is 2. The van der Waals surface area contributed by atoms with Gasteiger partial charge in [-0.2, -0.15) is 5.26 Å². The highest BCUT2D eigenvalue weighted by Gasteiger charge is 2.66. The van der Waals surface area contributed by atoms with Crippen LogP contribution in [0.3, 0.4) is 0 Å². The largest absolute Gasteiger partial charge is 0.463 e. The number of rotatable bonds is 5. The fraction of sp³-hybridized carbons (Fsp3) is 0.897. The summed E-state index contributed by atoms with van der Waals surface area (Å²) in [4.78, 5) is 24.1. The molecule has 11 atom stereocenters. The molecule has 0 bridgehead atoms. The third-order valence-corrected chi connectivity index (χ3v) is 11.1. The summed E-state index contributed by atoms with van der Waals surface area (Å²) in [6.07, 6.45) is 9.19. The first-order valence-corrected chi connectivity index (χ1v) is 13.8. The number of hydrogen-bond acceptors (Lipinski definition) is 5. The van der Waals surface area contributed by atoms with Gasteiger partial charge in [0.15, 0.2) is 0 Å². The molecule has 0 spiro atoms. The summed E-state index contributed by atoms with van der Waals surface area (Å²) in [5.41, 5.74) is 0.405. The molecule has 0 heterocycles. The average Bonchev–Trinajstić information content (AvgIpc) is 3.11. The number of esters is 2. The third kappa shape index (κ3) is 4.07. The molecule has 0 aromatic carbocycles. The van der Waals surface area contributed by atoms with Crippen molar-refractivity contribution in [1.82, 2.24) is 0 Å². The number of carbonyl (C=O) groups is 2. The molecule has 5 nitrogen and oxygen atoms in total. The summed E-state index contributed by atoms with van der Waals surface area (Å²) < 4.78 is 12.0. The lowest BCUT2D eigenvalue weighted by Gasteiger charge is -2.65. The van der Waals surface area contributed by atoms with Crippen molar-refractivity contribution in [1.29, 1.82) is 5.26 Å². The van der Waals surface area contributed by atoms with Crippen molar-refractivity contribution in [2.75, 3.05) is 0 Å². The van der Waals surface area contributed by atoms with E-state index in [0.29, 0.717) is 47.8 Å². The lowest BCUT2D eigenvalue weighted by molar-refractivity contribution is -0.219. The maximum absolute atomic E-state index is 12.4. The van der Waals surface area contributed by atoms with Crippen molar-refractivity contribution in [3.05, 3.63) is 0 Å². The van der Waals surface area contributed by atoms with Crippen molar-refractivity contribution in [2.45, 2.75) is 112 Å². The number of nitriles is 1. The minimum absolute atomic E-state index is 0.0179. The predicted octanol–water partition coefficient (Wildman–Crippen LogP) is 6.30. The highest BCUT2D eigenvalue weighted by molar-refractivity contribution is 5.66. The number of hydrogen-bond donors (Lipinski definition) is 0. The van der Waals surface area contributed by atoms with Crippen LogP contribution >= 0.6 is 0 Å². The highest BCUT2D eigenvalue weighted by atomic mass is 16.5. The summed E-state index contributed by atoms with van der Waals surface area (Å²) in [5.74, 6) is 2.79. The van der Waals surface area contributed by atoms with Gasteiger partial charge in [-0.25, -0.2) is 0 Å². The second-order valence-corrected chi connectivity index (χ2v) is 12.6. The Morgan fingerprint density at radius 1 is 0.971 bits per heavy atom. The van der Waals surface area contributed by atoms with E-state index in [4.69, 9.17) is 9.47 Å². The molecule has 4 fully saturated rings. The Hall–Kier alpha value is -1.57. The fourth-order valence-electron chi connectivity index (χ4n) is 9.87. The van der Waals surface area contributed by atoms with E-state index in [-0.39, 0.29) is 35.0 Å². The zero-order valence-corrected chi connectivity index (χ0v) is 22.1. The van der Waals surface area contributed by atoms with Crippen molar-refractivity contribution >= 4 is 11.9 Å². The van der Waals surface area contributed by atoms with Crippen LogP contribution < -0.4 is 0 Å². The lowest BCUT2D eigenvalue weighted by Crippen LogP contribution is -2.63. The van der Waals surface area contributed by atoms with E-state index < -0.39 is 0 Å². The average molecular weight is 472 g/mol. The molecule has 4 aliphatic rings. The summed E-state index contributed by atoms with van der Waals surface area (Å²) >= 11 is 0. The van der Waals surface area contributed by atoms with Crippen LogP contribution in [0.4, 0.5) is 0 Å². The molecular formula is C29H45NO4. The van der Waals surface area contributed by atoms with Gasteiger partial charge < -0.3 is 9.47 Å². The van der Waals surface area contributed by atoms with Crippen LogP contribution in [-0.4, -0.2) is 24.1 Å². The molecular weight excluding hydrogens is 426 g/mol. The second-order valence-electron chi connectivity index (χ2n) is 12.6. The molecule has 0 amide bonds. The number of nitrogens with zero attached hydrogens (tertiary/aromatic N) is 1. The Morgan fingerprint density at radius 3 is 2.24 bits per heavy atom. The van der Waals surface area contributed by atoms with Crippen LogP contribution in [0.5, 0.6) is 0 Å². The molecule has 34 heavy (non-hydrogen) atoms. The molecule has 4 saturated carbocycles. The van der Waals surface area contributed by atoms with Crippen molar-refractivity contribution in [3.8, 4) is 6.07 Å². The van der Waals surface area contributed by atoms with Crippen molar-refractivity contribution < 1.29 is 19.1 Å². The molecule has 0 aliphatic heterocycles. The number of carbonyl (C=O) groups excluding carboxylic acids is 2. The Labute approximate surface area is 206 Å². The van der Waals surface area contributed by atoms with E-state index in [1.165, 1.54) is 32.6 Å². The summed E-state index contributed by atoms with van der Waals surface area (Å²) in [5, 5.41) is 9.37. The normalized spacial score (nSPS) is 46.3. The summed E-state index contributed by atoms with van der Waals surface area (Å²) in [6, 6.07) is 2.42. The minimum Gasteiger partial charge on any atom is -0.463 e. The van der Waals surface area contributed by atoms with Crippen LogP contribution in [0, 0.1) is 63.6 Å². The Balaban J connectivity index is 1.71. The quantitative estimate of drug-likeness (QED) is 0.440. The second kappa shape index (κ2) is 9.47. The molecule has 0 saturated heterocycles. The smallest absolute Gasteiger partial charge is 0.302 e. The van der Waals surface area contributed by atoms with Gasteiger partial charge >= 0.3 is 11.9 Å². The molecule has 190 valence electrons. The third-order valence-electron chi connectivity index (χ3n) is 11.1. The van der Waals surface area contributed by atoms with Gasteiger partial charge in [-0.1, -0.05) is 27.7 Å². The lowest BCUT2D eigenvalue weighted by atomic mass is 9.41. The van der Waals surface area contributed by atoms with E-state index in [1.54, 1.807) is 6.92 Å². The topological polar surface area (TPSA) is 76.4 Å². The van der Waals surface area contributed by atoms with E-state index in [2.05, 4.69) is 33.8 Å². The maximum Gasteiger partial charge on any atom is 0.302 e. The van der Waals surface area contributed by atoms with Gasteiger partial charge in [0.2, 0.25) is 0 Å². The Morgan fingerprint density at radius 2 is 1.62 bits per heavy atom. The summed E-state index contributed by atoms with van der Waals surface area (Å²) in [7, 11) is 0. The van der Waals surface area contributed by atoms with Gasteiger partial charge in [-0.15, -0.1) is 0 Å². The molecule has 4 rings (SSSR count). The van der Waals surface area contributed by atoms with E-state index in [1.807, 2.05) is 0 Å². The fourth-order valence-corrected chi connectivity index (χ4v) is 9.87. The van der Waals surface area contributed by atoms with Gasteiger partial charge in [0.25, 0.3) is 0 Å². The zero-order valence-electron chi connectivity index (χ0n) is 22.1. The molecule has 4 aliphatic carbocycles. The van der Waals surface area contributed by atoms with E-state index in [0.717, 1.165) is 25.7 Å². The first-order chi connectivity index (χ1) is 16.1. The molecule has 0 N–H and O–H groups in total. The number of fused-ring (bicyclic) bond motifs is 5. The first-order valence-electron chi connectivity index (χ1n) is 13.8. The zero-order chi connectivity index (χ0) is 24.8.